The van der Waals surface area contributed by atoms with Crippen LogP contribution in [0.5, 0.6) is 0 Å². The quantitative estimate of drug-likeness (QED) is 0.353. The molecule has 3 amide bonds. The van der Waals surface area contributed by atoms with Gasteiger partial charge in [-0.2, -0.15) is 0 Å². The number of imide groups is 1. The maximum atomic E-state index is 12.7. The van der Waals surface area contributed by atoms with Crippen LogP contribution in [-0.2, 0) is 11.3 Å². The highest BCUT2D eigenvalue weighted by Gasteiger charge is 2.33. The molecule has 5 nitrogen and oxygen atoms in total. The van der Waals surface area contributed by atoms with E-state index in [1.165, 1.54) is 6.08 Å². The van der Waals surface area contributed by atoms with Crippen molar-refractivity contribution in [2.45, 2.75) is 6.54 Å². The highest BCUT2D eigenvalue weighted by atomic mass is 79.9. The van der Waals surface area contributed by atoms with Gasteiger partial charge in [-0.15, -0.1) is 0 Å². The standard InChI is InChI=1S/C21H13BrCl2N2O3/c22-13-6-4-12(5-7-13)11-26-20(27)17(25-21(26)28)10-14-8-9-18(29-14)15-2-1-3-16(23)19(15)24/h1-10H,11H2,(H,25,28)/b17-10-. The van der Waals surface area contributed by atoms with Crippen molar-refractivity contribution in [2.75, 3.05) is 0 Å². The van der Waals surface area contributed by atoms with E-state index in [-0.39, 0.29) is 12.2 Å². The zero-order valence-corrected chi connectivity index (χ0v) is 17.9. The second-order valence-corrected chi connectivity index (χ2v) is 8.01. The van der Waals surface area contributed by atoms with Gasteiger partial charge in [0, 0.05) is 16.1 Å². The Labute approximate surface area is 185 Å². The number of furan rings is 1. The van der Waals surface area contributed by atoms with Crippen LogP contribution >= 0.6 is 39.1 Å². The van der Waals surface area contributed by atoms with Gasteiger partial charge < -0.3 is 9.73 Å². The van der Waals surface area contributed by atoms with E-state index in [1.807, 2.05) is 24.3 Å². The number of nitrogens with zero attached hydrogens (tertiary/aromatic N) is 1. The number of urea groups is 1. The minimum Gasteiger partial charge on any atom is -0.457 e. The van der Waals surface area contributed by atoms with Crippen LogP contribution in [0.15, 0.2) is 69.2 Å². The molecular weight excluding hydrogens is 479 g/mol. The summed E-state index contributed by atoms with van der Waals surface area (Å²) in [6.45, 7) is 0.177. The van der Waals surface area contributed by atoms with E-state index >= 15 is 0 Å². The Hall–Kier alpha value is -2.54. The fourth-order valence-electron chi connectivity index (χ4n) is 2.90. The summed E-state index contributed by atoms with van der Waals surface area (Å²) in [4.78, 5) is 26.0. The van der Waals surface area contributed by atoms with Crippen LogP contribution in [0, 0.1) is 0 Å². The normalized spacial score (nSPS) is 15.3. The molecule has 29 heavy (non-hydrogen) atoms. The van der Waals surface area contributed by atoms with E-state index in [9.17, 15) is 9.59 Å². The van der Waals surface area contributed by atoms with E-state index in [4.69, 9.17) is 27.6 Å². The molecule has 0 spiro atoms. The van der Waals surface area contributed by atoms with Gasteiger partial charge in [-0.05, 0) is 42.0 Å². The van der Waals surface area contributed by atoms with Crippen molar-refractivity contribution in [3.05, 3.63) is 86.1 Å². The van der Waals surface area contributed by atoms with Crippen molar-refractivity contribution in [1.29, 1.82) is 0 Å². The summed E-state index contributed by atoms with van der Waals surface area (Å²) in [5.74, 6) is 0.495. The average Bonchev–Trinajstić information content (AvgIpc) is 3.26. The minimum atomic E-state index is -0.478. The molecule has 4 rings (SSSR count). The lowest BCUT2D eigenvalue weighted by Crippen LogP contribution is -2.30. The third kappa shape index (κ3) is 4.10. The van der Waals surface area contributed by atoms with Crippen molar-refractivity contribution >= 4 is 57.1 Å². The lowest BCUT2D eigenvalue weighted by Gasteiger charge is -2.11. The predicted molar refractivity (Wildman–Crippen MR) is 115 cm³/mol. The molecule has 0 unspecified atom stereocenters. The second-order valence-electron chi connectivity index (χ2n) is 6.31. The van der Waals surface area contributed by atoms with Gasteiger partial charge in [-0.1, -0.05) is 57.3 Å². The summed E-state index contributed by atoms with van der Waals surface area (Å²) in [5, 5.41) is 3.39. The molecule has 146 valence electrons. The average molecular weight is 492 g/mol. The predicted octanol–water partition coefficient (Wildman–Crippen LogP) is 6.11. The molecule has 1 aliphatic rings. The first kappa shape index (κ1) is 19.8. The van der Waals surface area contributed by atoms with Crippen molar-refractivity contribution in [3.8, 4) is 11.3 Å². The topological polar surface area (TPSA) is 62.6 Å². The number of amides is 3. The van der Waals surface area contributed by atoms with Gasteiger partial charge in [0.15, 0.2) is 0 Å². The number of carbonyl (C=O) groups excluding carboxylic acids is 2. The van der Waals surface area contributed by atoms with E-state index < -0.39 is 11.9 Å². The van der Waals surface area contributed by atoms with Crippen LogP contribution in [-0.4, -0.2) is 16.8 Å². The third-order valence-electron chi connectivity index (χ3n) is 4.35. The summed E-state index contributed by atoms with van der Waals surface area (Å²) in [7, 11) is 0. The van der Waals surface area contributed by atoms with Crippen LogP contribution in [0.25, 0.3) is 17.4 Å². The molecule has 0 bridgehead atoms. The van der Waals surface area contributed by atoms with Gasteiger partial charge in [0.1, 0.15) is 17.2 Å². The van der Waals surface area contributed by atoms with Crippen molar-refractivity contribution in [2.24, 2.45) is 0 Å². The smallest absolute Gasteiger partial charge is 0.329 e. The molecule has 1 aromatic heterocycles. The fourth-order valence-corrected chi connectivity index (χ4v) is 3.56. The first-order chi connectivity index (χ1) is 13.9. The van der Waals surface area contributed by atoms with E-state index in [1.54, 1.807) is 30.3 Å². The number of hydrogen-bond donors (Lipinski definition) is 1. The van der Waals surface area contributed by atoms with Crippen molar-refractivity contribution in [1.82, 2.24) is 10.2 Å². The van der Waals surface area contributed by atoms with E-state index in [0.717, 1.165) is 14.9 Å². The zero-order chi connectivity index (χ0) is 20.5. The molecule has 8 heteroatoms. The Morgan fingerprint density at radius 3 is 2.55 bits per heavy atom. The first-order valence-corrected chi connectivity index (χ1v) is 10.1. The number of rotatable bonds is 4. The molecule has 3 aromatic rings. The SMILES string of the molecule is O=C1N/C(=C\c2ccc(-c3cccc(Cl)c3Cl)o2)C(=O)N1Cc1ccc(Br)cc1. The molecule has 2 aromatic carbocycles. The Bertz CT molecular complexity index is 1140. The summed E-state index contributed by atoms with van der Waals surface area (Å²) >= 11 is 15.6. The third-order valence-corrected chi connectivity index (χ3v) is 5.69. The van der Waals surface area contributed by atoms with Gasteiger partial charge in [0.05, 0.1) is 16.6 Å². The number of carbonyl (C=O) groups is 2. The Balaban J connectivity index is 1.55. The van der Waals surface area contributed by atoms with Gasteiger partial charge in [-0.3, -0.25) is 9.69 Å². The van der Waals surface area contributed by atoms with Crippen LogP contribution in [0.4, 0.5) is 4.79 Å². The number of benzene rings is 2. The molecule has 0 atom stereocenters. The maximum Gasteiger partial charge on any atom is 0.329 e. The Kier molecular flexibility index (Phi) is 5.50. The monoisotopic (exact) mass is 490 g/mol. The molecule has 1 N–H and O–H groups in total. The van der Waals surface area contributed by atoms with Crippen molar-refractivity contribution < 1.29 is 14.0 Å². The second kappa shape index (κ2) is 8.06. The first-order valence-electron chi connectivity index (χ1n) is 8.55. The van der Waals surface area contributed by atoms with E-state index in [2.05, 4.69) is 21.2 Å². The Morgan fingerprint density at radius 2 is 1.79 bits per heavy atom. The maximum absolute atomic E-state index is 12.7. The molecule has 0 saturated carbocycles. The Morgan fingerprint density at radius 1 is 1.03 bits per heavy atom. The number of hydrogen-bond acceptors (Lipinski definition) is 3. The summed E-state index contributed by atoms with van der Waals surface area (Å²) in [5.41, 5.74) is 1.63. The zero-order valence-electron chi connectivity index (χ0n) is 14.8. The summed E-state index contributed by atoms with van der Waals surface area (Å²) < 4.78 is 6.69. The molecule has 1 aliphatic heterocycles. The molecule has 1 fully saturated rings. The molecule has 2 heterocycles. The largest absolute Gasteiger partial charge is 0.457 e. The summed E-state index contributed by atoms with van der Waals surface area (Å²) in [6.07, 6.45) is 1.49. The molecule has 1 saturated heterocycles. The highest BCUT2D eigenvalue weighted by molar-refractivity contribution is 9.10. The molecular formula is C21H13BrCl2N2O3. The van der Waals surface area contributed by atoms with Crippen LogP contribution in [0.3, 0.4) is 0 Å². The molecule has 0 radical (unpaired) electrons. The number of halogens is 3. The van der Waals surface area contributed by atoms with Crippen molar-refractivity contribution in [3.63, 3.8) is 0 Å². The number of nitrogens with one attached hydrogen (secondary N) is 1. The van der Waals surface area contributed by atoms with Crippen LogP contribution < -0.4 is 5.32 Å². The van der Waals surface area contributed by atoms with Crippen LogP contribution in [0.1, 0.15) is 11.3 Å². The van der Waals surface area contributed by atoms with Gasteiger partial charge in [-0.25, -0.2) is 4.79 Å². The lowest BCUT2D eigenvalue weighted by atomic mass is 10.2. The fraction of sp³-hybridized carbons (Fsp3) is 0.0476. The molecule has 0 aliphatic carbocycles. The lowest BCUT2D eigenvalue weighted by molar-refractivity contribution is -0.123. The highest BCUT2D eigenvalue weighted by Crippen LogP contribution is 2.34. The van der Waals surface area contributed by atoms with Crippen LogP contribution in [0.2, 0.25) is 10.0 Å². The van der Waals surface area contributed by atoms with Gasteiger partial charge >= 0.3 is 6.03 Å². The van der Waals surface area contributed by atoms with Gasteiger partial charge in [0.2, 0.25) is 0 Å². The minimum absolute atomic E-state index is 0.144. The summed E-state index contributed by atoms with van der Waals surface area (Å²) in [6, 6.07) is 15.6. The van der Waals surface area contributed by atoms with E-state index in [0.29, 0.717) is 27.1 Å². The van der Waals surface area contributed by atoms with Gasteiger partial charge in [0.25, 0.3) is 5.91 Å².